The Hall–Kier alpha value is -0.530. The maximum absolute atomic E-state index is 6.12. The van der Waals surface area contributed by atoms with Crippen molar-refractivity contribution in [3.63, 3.8) is 0 Å². The van der Waals surface area contributed by atoms with Gasteiger partial charge in [0, 0.05) is 18.1 Å². The quantitative estimate of drug-likeness (QED) is 0.774. The van der Waals surface area contributed by atoms with Crippen LogP contribution in [0, 0.1) is 5.92 Å². The van der Waals surface area contributed by atoms with Gasteiger partial charge in [-0.25, -0.2) is 0 Å². The second-order valence-electron chi connectivity index (χ2n) is 6.34. The molecule has 0 bridgehead atoms. The SMILES string of the molecule is CN1CC(Cc2ccc(Cl)cc2C(C)(C)C)C1. The van der Waals surface area contributed by atoms with Crippen molar-refractivity contribution in [2.75, 3.05) is 20.1 Å². The van der Waals surface area contributed by atoms with Crippen molar-refractivity contribution < 1.29 is 0 Å². The number of likely N-dealkylation sites (tertiary alicyclic amines) is 1. The second-order valence-corrected chi connectivity index (χ2v) is 6.78. The monoisotopic (exact) mass is 251 g/mol. The van der Waals surface area contributed by atoms with Gasteiger partial charge in [-0.05, 0) is 48.1 Å². The van der Waals surface area contributed by atoms with Crippen molar-refractivity contribution in [1.82, 2.24) is 4.90 Å². The fraction of sp³-hybridized carbons (Fsp3) is 0.600. The Morgan fingerprint density at radius 2 is 1.94 bits per heavy atom. The van der Waals surface area contributed by atoms with Gasteiger partial charge in [0.25, 0.3) is 0 Å². The van der Waals surface area contributed by atoms with Gasteiger partial charge in [-0.15, -0.1) is 0 Å². The summed E-state index contributed by atoms with van der Waals surface area (Å²) in [7, 11) is 2.18. The lowest BCUT2D eigenvalue weighted by atomic mass is 9.80. The molecule has 1 heterocycles. The Bertz CT molecular complexity index is 400. The first-order valence-corrected chi connectivity index (χ1v) is 6.71. The first-order valence-electron chi connectivity index (χ1n) is 6.33. The van der Waals surface area contributed by atoms with Crippen LogP contribution < -0.4 is 0 Å². The molecule has 1 aliphatic rings. The molecule has 1 fully saturated rings. The van der Waals surface area contributed by atoms with Gasteiger partial charge in [0.2, 0.25) is 0 Å². The van der Waals surface area contributed by atoms with Gasteiger partial charge < -0.3 is 4.90 Å². The average Bonchev–Trinajstić information content (AvgIpc) is 2.16. The average molecular weight is 252 g/mol. The molecule has 0 saturated carbocycles. The Morgan fingerprint density at radius 3 is 2.47 bits per heavy atom. The van der Waals surface area contributed by atoms with Gasteiger partial charge in [0.1, 0.15) is 0 Å². The van der Waals surface area contributed by atoms with Crippen LogP contribution in [0.5, 0.6) is 0 Å². The first-order chi connectivity index (χ1) is 7.86. The molecule has 0 unspecified atom stereocenters. The van der Waals surface area contributed by atoms with Crippen molar-refractivity contribution in [3.8, 4) is 0 Å². The molecule has 0 amide bonds. The Balaban J connectivity index is 2.21. The molecule has 1 saturated heterocycles. The summed E-state index contributed by atoms with van der Waals surface area (Å²) in [5, 5.41) is 0.851. The molecule has 0 aromatic heterocycles. The van der Waals surface area contributed by atoms with Crippen LogP contribution >= 0.6 is 11.6 Å². The zero-order valence-electron chi connectivity index (χ0n) is 11.3. The second kappa shape index (κ2) is 4.62. The van der Waals surface area contributed by atoms with E-state index in [2.05, 4.69) is 44.9 Å². The van der Waals surface area contributed by atoms with E-state index in [-0.39, 0.29) is 5.41 Å². The largest absolute Gasteiger partial charge is 0.306 e. The van der Waals surface area contributed by atoms with Crippen LogP contribution in [0.3, 0.4) is 0 Å². The number of rotatable bonds is 2. The van der Waals surface area contributed by atoms with Crippen LogP contribution in [0.1, 0.15) is 31.9 Å². The molecular formula is C15H22ClN. The third kappa shape index (κ3) is 3.02. The van der Waals surface area contributed by atoms with Crippen LogP contribution in [-0.2, 0) is 11.8 Å². The maximum atomic E-state index is 6.12. The molecule has 0 atom stereocenters. The lowest BCUT2D eigenvalue weighted by Gasteiger charge is -2.37. The van der Waals surface area contributed by atoms with Crippen molar-refractivity contribution in [1.29, 1.82) is 0 Å². The van der Waals surface area contributed by atoms with Crippen molar-refractivity contribution in [2.45, 2.75) is 32.6 Å². The topological polar surface area (TPSA) is 3.24 Å². The molecule has 0 spiro atoms. The summed E-state index contributed by atoms with van der Waals surface area (Å²) in [5.74, 6) is 0.822. The van der Waals surface area contributed by atoms with E-state index < -0.39 is 0 Å². The summed E-state index contributed by atoms with van der Waals surface area (Å²) in [6.45, 7) is 9.23. The predicted octanol–water partition coefficient (Wildman–Crippen LogP) is 3.74. The highest BCUT2D eigenvalue weighted by atomic mass is 35.5. The molecule has 0 radical (unpaired) electrons. The fourth-order valence-electron chi connectivity index (χ4n) is 2.69. The van der Waals surface area contributed by atoms with E-state index in [9.17, 15) is 0 Å². The zero-order chi connectivity index (χ0) is 12.6. The number of nitrogens with zero attached hydrogens (tertiary/aromatic N) is 1. The zero-order valence-corrected chi connectivity index (χ0v) is 12.0. The Labute approximate surface area is 110 Å². The predicted molar refractivity (Wildman–Crippen MR) is 74.8 cm³/mol. The Morgan fingerprint density at radius 1 is 1.29 bits per heavy atom. The highest BCUT2D eigenvalue weighted by Crippen LogP contribution is 2.31. The molecular weight excluding hydrogens is 230 g/mol. The lowest BCUT2D eigenvalue weighted by Crippen LogP contribution is -2.44. The lowest BCUT2D eigenvalue weighted by molar-refractivity contribution is 0.134. The number of benzene rings is 1. The van der Waals surface area contributed by atoms with Gasteiger partial charge in [-0.1, -0.05) is 38.4 Å². The summed E-state index contributed by atoms with van der Waals surface area (Å²) >= 11 is 6.12. The van der Waals surface area contributed by atoms with Crippen LogP contribution in [0.15, 0.2) is 18.2 Å². The minimum atomic E-state index is 0.176. The van der Waals surface area contributed by atoms with Gasteiger partial charge in [0.05, 0.1) is 0 Å². The van der Waals surface area contributed by atoms with Crippen molar-refractivity contribution in [3.05, 3.63) is 34.3 Å². The Kier molecular flexibility index (Phi) is 3.51. The summed E-state index contributed by atoms with van der Waals surface area (Å²) in [5.41, 5.74) is 3.05. The third-order valence-electron chi connectivity index (χ3n) is 3.53. The van der Waals surface area contributed by atoms with Gasteiger partial charge in [-0.3, -0.25) is 0 Å². The standard InChI is InChI=1S/C15H22ClN/c1-15(2,3)14-8-13(16)6-5-12(14)7-11-9-17(4)10-11/h5-6,8,11H,7,9-10H2,1-4H3. The third-order valence-corrected chi connectivity index (χ3v) is 3.76. The minimum Gasteiger partial charge on any atom is -0.306 e. The molecule has 1 nitrogen and oxygen atoms in total. The van der Waals surface area contributed by atoms with Crippen LogP contribution in [0.25, 0.3) is 0 Å². The number of hydrogen-bond acceptors (Lipinski definition) is 1. The van der Waals surface area contributed by atoms with E-state index in [4.69, 9.17) is 11.6 Å². The number of hydrogen-bond donors (Lipinski definition) is 0. The van der Waals surface area contributed by atoms with Crippen LogP contribution in [0.2, 0.25) is 5.02 Å². The minimum absolute atomic E-state index is 0.176. The number of halogens is 1. The highest BCUT2D eigenvalue weighted by molar-refractivity contribution is 6.30. The van der Waals surface area contributed by atoms with E-state index in [1.807, 2.05) is 6.07 Å². The summed E-state index contributed by atoms with van der Waals surface area (Å²) in [6.07, 6.45) is 1.19. The van der Waals surface area contributed by atoms with E-state index >= 15 is 0 Å². The van der Waals surface area contributed by atoms with E-state index in [1.54, 1.807) is 0 Å². The fourth-order valence-corrected chi connectivity index (χ4v) is 2.87. The van der Waals surface area contributed by atoms with Gasteiger partial charge in [-0.2, -0.15) is 0 Å². The first kappa shape index (κ1) is 12.9. The normalized spacial score (nSPS) is 18.2. The highest BCUT2D eigenvalue weighted by Gasteiger charge is 2.26. The van der Waals surface area contributed by atoms with Crippen molar-refractivity contribution >= 4 is 11.6 Å². The molecule has 1 aromatic rings. The van der Waals surface area contributed by atoms with Crippen LogP contribution in [-0.4, -0.2) is 25.0 Å². The molecule has 2 rings (SSSR count). The maximum Gasteiger partial charge on any atom is 0.0409 e. The molecule has 0 N–H and O–H groups in total. The van der Waals surface area contributed by atoms with Gasteiger partial charge in [0.15, 0.2) is 0 Å². The molecule has 94 valence electrons. The molecule has 0 aliphatic carbocycles. The van der Waals surface area contributed by atoms with E-state index in [0.29, 0.717) is 0 Å². The van der Waals surface area contributed by atoms with E-state index in [1.165, 1.54) is 30.6 Å². The van der Waals surface area contributed by atoms with Crippen molar-refractivity contribution in [2.24, 2.45) is 5.92 Å². The molecule has 17 heavy (non-hydrogen) atoms. The van der Waals surface area contributed by atoms with E-state index in [0.717, 1.165) is 10.9 Å². The van der Waals surface area contributed by atoms with Gasteiger partial charge >= 0.3 is 0 Å². The van der Waals surface area contributed by atoms with Crippen LogP contribution in [0.4, 0.5) is 0 Å². The molecule has 1 aliphatic heterocycles. The smallest absolute Gasteiger partial charge is 0.0409 e. The summed E-state index contributed by atoms with van der Waals surface area (Å²) < 4.78 is 0. The summed E-state index contributed by atoms with van der Waals surface area (Å²) in [6, 6.07) is 6.37. The summed E-state index contributed by atoms with van der Waals surface area (Å²) in [4.78, 5) is 2.37. The molecule has 1 aromatic carbocycles. The molecule has 2 heteroatoms.